The first-order valence-corrected chi connectivity index (χ1v) is 10.6. The largest absolute Gasteiger partial charge is 0.459 e. The number of ether oxygens (including phenoxy) is 1. The molecule has 2 aromatic heterocycles. The molecule has 0 saturated heterocycles. The van der Waals surface area contributed by atoms with Crippen LogP contribution in [0.5, 0.6) is 0 Å². The molecule has 2 heterocycles. The topological polar surface area (TPSA) is 77.0 Å². The monoisotopic (exact) mass is 466 g/mol. The van der Waals surface area contributed by atoms with Crippen LogP contribution in [-0.2, 0) is 9.53 Å². The Morgan fingerprint density at radius 3 is 2.73 bits per heavy atom. The number of aromatic nitrogens is 3. The van der Waals surface area contributed by atoms with Gasteiger partial charge in [0.15, 0.2) is 0 Å². The number of carbonyl (C=O) groups is 1. The van der Waals surface area contributed by atoms with Crippen LogP contribution < -0.4 is 5.32 Å². The number of carbonyl (C=O) groups excluding carboxylic acids is 1. The average Bonchev–Trinajstić information content (AvgIpc) is 2.77. The summed E-state index contributed by atoms with van der Waals surface area (Å²) in [5.41, 5.74) is 3.18. The molecule has 0 radical (unpaired) electrons. The van der Waals surface area contributed by atoms with Crippen molar-refractivity contribution in [3.8, 4) is 11.1 Å². The van der Waals surface area contributed by atoms with Crippen molar-refractivity contribution in [3.63, 3.8) is 0 Å². The highest BCUT2D eigenvalue weighted by molar-refractivity contribution is 6.29. The van der Waals surface area contributed by atoms with Crippen LogP contribution in [0.2, 0.25) is 0 Å². The van der Waals surface area contributed by atoms with Crippen molar-refractivity contribution in [2.45, 2.75) is 26.4 Å². The number of nitrogens with zero attached hydrogens (tertiary/aromatic N) is 3. The highest BCUT2D eigenvalue weighted by Gasteiger charge is 2.18. The molecule has 3 aromatic rings. The Morgan fingerprint density at radius 2 is 2.03 bits per heavy atom. The van der Waals surface area contributed by atoms with Crippen LogP contribution in [0.4, 0.5) is 10.2 Å². The van der Waals surface area contributed by atoms with Gasteiger partial charge in [-0.1, -0.05) is 36.4 Å². The number of nitrogens with one attached hydrogen (secondary N) is 1. The smallest absolute Gasteiger partial charge is 0.325 e. The van der Waals surface area contributed by atoms with Gasteiger partial charge in [0.05, 0.1) is 11.2 Å². The molecule has 0 bridgehead atoms. The van der Waals surface area contributed by atoms with Gasteiger partial charge in [-0.2, -0.15) is 0 Å². The maximum atomic E-state index is 14.6. The predicted octanol–water partition coefficient (Wildman–Crippen LogP) is 6.06. The molecular weight excluding hydrogens is 443 g/mol. The summed E-state index contributed by atoms with van der Waals surface area (Å²) in [6.45, 7) is 8.89. The van der Waals surface area contributed by atoms with Gasteiger partial charge in [0.25, 0.3) is 0 Å². The van der Waals surface area contributed by atoms with Crippen LogP contribution in [-0.4, -0.2) is 33.1 Å². The van der Waals surface area contributed by atoms with E-state index in [0.29, 0.717) is 28.0 Å². The van der Waals surface area contributed by atoms with Crippen molar-refractivity contribution in [3.05, 3.63) is 78.6 Å². The summed E-state index contributed by atoms with van der Waals surface area (Å²) in [6.07, 6.45) is 5.55. The Morgan fingerprint density at radius 1 is 1.24 bits per heavy atom. The quantitative estimate of drug-likeness (QED) is 0.336. The Balaban J connectivity index is 2.02. The molecule has 0 spiro atoms. The molecule has 170 valence electrons. The van der Waals surface area contributed by atoms with Crippen LogP contribution >= 0.6 is 11.6 Å². The van der Waals surface area contributed by atoms with Gasteiger partial charge in [0.1, 0.15) is 30.1 Å². The van der Waals surface area contributed by atoms with Gasteiger partial charge in [-0.25, -0.2) is 14.4 Å². The van der Waals surface area contributed by atoms with Crippen LogP contribution in [0, 0.1) is 0 Å². The van der Waals surface area contributed by atoms with Gasteiger partial charge in [0.2, 0.25) is 0 Å². The van der Waals surface area contributed by atoms with Crippen LogP contribution in [0.3, 0.4) is 0 Å². The molecule has 33 heavy (non-hydrogen) atoms. The summed E-state index contributed by atoms with van der Waals surface area (Å²) in [6, 6.07) is 9.11. The summed E-state index contributed by atoms with van der Waals surface area (Å²) in [5, 5.41) is 3.71. The second-order valence-corrected chi connectivity index (χ2v) is 8.29. The fraction of sp³-hybridized carbons (Fsp3) is 0.200. The maximum Gasteiger partial charge on any atom is 0.325 e. The fourth-order valence-electron chi connectivity index (χ4n) is 3.16. The van der Waals surface area contributed by atoms with E-state index in [0.717, 1.165) is 11.1 Å². The number of rotatable bonds is 7. The van der Waals surface area contributed by atoms with Crippen LogP contribution in [0.25, 0.3) is 27.6 Å². The summed E-state index contributed by atoms with van der Waals surface area (Å²) >= 11 is 5.94. The number of allylic oxidation sites excluding steroid dienone is 4. The number of hydrogen-bond acceptors (Lipinski definition) is 6. The number of fused-ring (bicyclic) bond motifs is 1. The lowest BCUT2D eigenvalue weighted by atomic mass is 9.98. The molecule has 0 aliphatic rings. The molecule has 0 fully saturated rings. The van der Waals surface area contributed by atoms with Crippen molar-refractivity contribution in [1.82, 2.24) is 15.0 Å². The molecule has 0 atom stereocenters. The number of hydrogen-bond donors (Lipinski definition) is 1. The van der Waals surface area contributed by atoms with E-state index in [1.165, 1.54) is 18.5 Å². The highest BCUT2D eigenvalue weighted by atomic mass is 35.5. The number of pyridine rings is 1. The number of benzene rings is 1. The zero-order valence-corrected chi connectivity index (χ0v) is 19.4. The third-order valence-corrected chi connectivity index (χ3v) is 4.68. The van der Waals surface area contributed by atoms with Crippen molar-refractivity contribution in [1.29, 1.82) is 0 Å². The molecule has 0 saturated carbocycles. The second kappa shape index (κ2) is 10.4. The zero-order valence-electron chi connectivity index (χ0n) is 18.6. The summed E-state index contributed by atoms with van der Waals surface area (Å²) in [5.74, 6) is -0.478. The molecule has 6 nitrogen and oxygen atoms in total. The molecule has 0 unspecified atom stereocenters. The van der Waals surface area contributed by atoms with E-state index < -0.39 is 17.4 Å². The Hall–Kier alpha value is -3.58. The number of halogens is 2. The van der Waals surface area contributed by atoms with Crippen molar-refractivity contribution in [2.75, 3.05) is 11.9 Å². The van der Waals surface area contributed by atoms with E-state index >= 15 is 0 Å². The molecule has 0 aliphatic heterocycles. The van der Waals surface area contributed by atoms with E-state index in [-0.39, 0.29) is 12.1 Å². The number of esters is 1. The van der Waals surface area contributed by atoms with Gasteiger partial charge in [0, 0.05) is 28.3 Å². The Labute approximate surface area is 196 Å². The zero-order chi connectivity index (χ0) is 24.0. The van der Waals surface area contributed by atoms with Gasteiger partial charge >= 0.3 is 5.97 Å². The van der Waals surface area contributed by atoms with E-state index in [1.54, 1.807) is 33.0 Å². The molecule has 0 aliphatic carbocycles. The van der Waals surface area contributed by atoms with Crippen LogP contribution in [0.1, 0.15) is 26.5 Å². The molecule has 8 heteroatoms. The normalized spacial score (nSPS) is 12.5. The minimum atomic E-state index is -0.584. The second-order valence-electron chi connectivity index (χ2n) is 8.07. The summed E-state index contributed by atoms with van der Waals surface area (Å²) in [4.78, 5) is 25.0. The number of anilines is 1. The third-order valence-electron chi connectivity index (χ3n) is 4.46. The molecule has 0 amide bonds. The van der Waals surface area contributed by atoms with E-state index in [9.17, 15) is 9.18 Å². The third kappa shape index (κ3) is 6.02. The molecular formula is C25H24ClFN4O2. The lowest BCUT2D eigenvalue weighted by Gasteiger charge is -2.19. The lowest BCUT2D eigenvalue weighted by molar-refractivity contribution is -0.152. The van der Waals surface area contributed by atoms with E-state index in [2.05, 4.69) is 26.8 Å². The Bertz CT molecular complexity index is 1250. The minimum Gasteiger partial charge on any atom is -0.459 e. The van der Waals surface area contributed by atoms with Gasteiger partial charge in [-0.05, 0) is 50.6 Å². The van der Waals surface area contributed by atoms with Crippen LogP contribution in [0.15, 0.2) is 72.9 Å². The van der Waals surface area contributed by atoms with Gasteiger partial charge in [-0.15, -0.1) is 0 Å². The SMILES string of the molecule is C=C/C=C(F)\C(=C/Cl)c1ncccc1-c1ccc2ncnc(NCC(=O)OC(C)(C)C)c2c1. The fourth-order valence-corrected chi connectivity index (χ4v) is 3.37. The Kier molecular flexibility index (Phi) is 7.55. The standard InChI is InChI=1S/C25H24ClFN4O2/c1-5-7-20(27)19(13-26)23-17(8-6-11-28-23)16-9-10-21-18(12-16)24(31-15-30-21)29-14-22(32)33-25(2,3)4/h5-13,15H,1,14H2,2-4H3,(H,29,30,31)/b19-13+,20-7+. The average molecular weight is 467 g/mol. The van der Waals surface area contributed by atoms with Crippen molar-refractivity contribution < 1.29 is 13.9 Å². The van der Waals surface area contributed by atoms with Crippen molar-refractivity contribution in [2.24, 2.45) is 0 Å². The van der Waals surface area contributed by atoms with Crippen molar-refractivity contribution >= 4 is 39.9 Å². The molecule has 3 rings (SSSR count). The first kappa shape index (κ1) is 24.1. The van der Waals surface area contributed by atoms with Gasteiger partial charge < -0.3 is 10.1 Å². The minimum absolute atomic E-state index is 0.0531. The van der Waals surface area contributed by atoms with E-state index in [4.69, 9.17) is 16.3 Å². The molecule has 1 N–H and O–H groups in total. The highest BCUT2D eigenvalue weighted by Crippen LogP contribution is 2.34. The van der Waals surface area contributed by atoms with Gasteiger partial charge in [-0.3, -0.25) is 9.78 Å². The maximum absolute atomic E-state index is 14.6. The summed E-state index contributed by atoms with van der Waals surface area (Å²) in [7, 11) is 0. The van der Waals surface area contributed by atoms with E-state index in [1.807, 2.05) is 24.3 Å². The first-order valence-electron chi connectivity index (χ1n) is 10.2. The predicted molar refractivity (Wildman–Crippen MR) is 130 cm³/mol. The summed E-state index contributed by atoms with van der Waals surface area (Å²) < 4.78 is 19.9. The molecule has 1 aromatic carbocycles. The lowest BCUT2D eigenvalue weighted by Crippen LogP contribution is -2.28. The first-order chi connectivity index (χ1) is 15.7.